The van der Waals surface area contributed by atoms with Crippen LogP contribution in [-0.4, -0.2) is 7.57 Å². The molecule has 0 amide bonds. The first-order chi connectivity index (χ1) is 8.45. The maximum atomic E-state index is 6.49. The summed E-state index contributed by atoms with van der Waals surface area (Å²) in [7, 11) is 5.36. The number of benzene rings is 2. The van der Waals surface area contributed by atoms with Crippen molar-refractivity contribution in [3.63, 3.8) is 0 Å². The molecule has 90 valence electrons. The Kier molecular flexibility index (Phi) is 5.94. The maximum Gasteiger partial charge on any atom is 1.00 e. The van der Waals surface area contributed by atoms with E-state index in [9.17, 15) is 0 Å². The van der Waals surface area contributed by atoms with E-state index in [1.165, 1.54) is 32.9 Å². The molecule has 2 radical (unpaired) electrons. The minimum absolute atomic E-state index is 0. The molecule has 19 heavy (non-hydrogen) atoms. The number of rotatable bonds is 2. The van der Waals surface area contributed by atoms with Crippen LogP contribution in [0.3, 0.4) is 0 Å². The third-order valence-electron chi connectivity index (χ3n) is 3.07. The summed E-state index contributed by atoms with van der Waals surface area (Å²) in [6, 6.07) is 13.3. The Balaban J connectivity index is 0.00000180. The molecule has 2 rings (SSSR count). The molecule has 0 bridgehead atoms. The second-order valence-corrected chi connectivity index (χ2v) is 7.15. The second kappa shape index (κ2) is 6.81. The van der Waals surface area contributed by atoms with Crippen LogP contribution in [0.25, 0.3) is 0 Å². The number of hydrogen-bond donors (Lipinski definition) is 0. The van der Waals surface area contributed by atoms with Gasteiger partial charge in [-0.25, -0.2) is 0 Å². The summed E-state index contributed by atoms with van der Waals surface area (Å²) in [4.78, 5) is 0. The summed E-state index contributed by atoms with van der Waals surface area (Å²) in [6.45, 7) is 8.53. The zero-order valence-corrected chi connectivity index (χ0v) is 13.5. The fraction of sp³-hybridized carbons (Fsp3) is 0.250. The fourth-order valence-electron chi connectivity index (χ4n) is 2.43. The predicted molar refractivity (Wildman–Crippen MR) is 85.2 cm³/mol. The molecule has 0 saturated heterocycles. The van der Waals surface area contributed by atoms with E-state index in [2.05, 4.69) is 64.1 Å². The second-order valence-electron chi connectivity index (χ2n) is 5.17. The van der Waals surface area contributed by atoms with Gasteiger partial charge in [-0.2, -0.15) is 0 Å². The van der Waals surface area contributed by atoms with Gasteiger partial charge in [-0.1, -0.05) is 12.1 Å². The van der Waals surface area contributed by atoms with E-state index in [1.54, 1.807) is 0 Å². The average Bonchev–Trinajstić information content (AvgIpc) is 2.25. The topological polar surface area (TPSA) is 0 Å². The van der Waals surface area contributed by atoms with Crippen LogP contribution < -0.4 is 29.5 Å². The molecule has 0 aliphatic carbocycles. The van der Waals surface area contributed by atoms with Gasteiger partial charge < -0.3 is 0 Å². The van der Waals surface area contributed by atoms with Crippen LogP contribution in [-0.2, 0) is 0 Å². The first-order valence-corrected chi connectivity index (χ1v) is 7.83. The van der Waals surface area contributed by atoms with Gasteiger partial charge in [-0.05, 0) is 74.2 Å². The Bertz CT molecular complexity index is 489. The van der Waals surface area contributed by atoms with Crippen molar-refractivity contribution in [3.8, 4) is 0 Å². The smallest absolute Gasteiger partial charge is 0.0561 e. The van der Waals surface area contributed by atoms with Gasteiger partial charge in [-0.3, -0.25) is 0 Å². The van der Waals surface area contributed by atoms with Crippen LogP contribution >= 0.6 is 7.80 Å². The summed E-state index contributed by atoms with van der Waals surface area (Å²) in [6.07, 6.45) is 0. The molecule has 0 fully saturated rings. The van der Waals surface area contributed by atoms with Crippen molar-refractivity contribution in [1.29, 1.82) is 0 Å². The summed E-state index contributed by atoms with van der Waals surface area (Å²) in [5.74, 6) is 0. The van der Waals surface area contributed by atoms with Crippen LogP contribution in [0.5, 0.6) is 0 Å². The van der Waals surface area contributed by atoms with Crippen molar-refractivity contribution in [2.24, 2.45) is 0 Å². The molecule has 0 heterocycles. The first kappa shape index (κ1) is 16.6. The Morgan fingerprint density at radius 3 is 1.16 bits per heavy atom. The molecular formula is C16H19BLiP+2. The average molecular weight is 260 g/mol. The first-order valence-electron chi connectivity index (χ1n) is 6.25. The molecule has 2 aromatic rings. The molecule has 0 nitrogen and oxygen atoms in total. The molecule has 3 heteroatoms. The van der Waals surface area contributed by atoms with Gasteiger partial charge in [0.05, 0.1) is 10.6 Å². The molecule has 0 aromatic heterocycles. The van der Waals surface area contributed by atoms with Gasteiger partial charge in [-0.15, -0.1) is 0 Å². The molecular weight excluding hydrogens is 241 g/mol. The van der Waals surface area contributed by atoms with Crippen LogP contribution in [0.2, 0.25) is 0 Å². The van der Waals surface area contributed by atoms with Gasteiger partial charge in [0.2, 0.25) is 0 Å². The largest absolute Gasteiger partial charge is 1.00 e. The maximum absolute atomic E-state index is 6.49. The molecule has 0 saturated carbocycles. The Morgan fingerprint density at radius 1 is 0.632 bits per heavy atom. The summed E-state index contributed by atoms with van der Waals surface area (Å²) in [5.41, 5.74) is 5.18. The van der Waals surface area contributed by atoms with Crippen LogP contribution in [0, 0.1) is 27.7 Å². The normalized spacial score (nSPS) is 10.4. The van der Waals surface area contributed by atoms with Gasteiger partial charge in [0.15, 0.2) is 0 Å². The van der Waals surface area contributed by atoms with Gasteiger partial charge in [0, 0.05) is 7.80 Å². The van der Waals surface area contributed by atoms with Gasteiger partial charge >= 0.3 is 26.4 Å². The quantitative estimate of drug-likeness (QED) is 0.533. The fourth-order valence-corrected chi connectivity index (χ4v) is 4.29. The van der Waals surface area contributed by atoms with Crippen molar-refractivity contribution < 1.29 is 18.9 Å². The molecule has 0 N–H and O–H groups in total. The van der Waals surface area contributed by atoms with E-state index >= 15 is 0 Å². The van der Waals surface area contributed by atoms with Gasteiger partial charge in [0.1, 0.15) is 0 Å². The SMILES string of the molecule is [B][PH+](c1cc(C)cc(C)c1)c1cc(C)cc(C)c1.[Li+]. The predicted octanol–water partition coefficient (Wildman–Crippen LogP) is 0.173. The molecule has 0 unspecified atom stereocenters. The summed E-state index contributed by atoms with van der Waals surface area (Å²) < 4.78 is 0. The molecule has 0 atom stereocenters. The van der Waals surface area contributed by atoms with Crippen molar-refractivity contribution in [1.82, 2.24) is 0 Å². The zero-order valence-electron chi connectivity index (χ0n) is 12.5. The minimum atomic E-state index is -1.13. The molecule has 0 aliphatic rings. The molecule has 2 aromatic carbocycles. The standard InChI is InChI=1S/C16H19BP.Li/c1-11-5-12(2)8-15(7-11)18(17)16-9-13(3)6-14(4)10-16;/h5-10,18H,1-4H3;/q2*+1. The third kappa shape index (κ3) is 4.25. The Hall–Kier alpha value is -0.468. The van der Waals surface area contributed by atoms with Crippen molar-refractivity contribution >= 4 is 26.0 Å². The van der Waals surface area contributed by atoms with E-state index in [4.69, 9.17) is 7.57 Å². The minimum Gasteiger partial charge on any atom is -0.0561 e. The Labute approximate surface area is 131 Å². The van der Waals surface area contributed by atoms with Crippen molar-refractivity contribution in [3.05, 3.63) is 58.7 Å². The van der Waals surface area contributed by atoms with Crippen LogP contribution in [0.4, 0.5) is 0 Å². The van der Waals surface area contributed by atoms with E-state index in [1.807, 2.05) is 0 Å². The van der Waals surface area contributed by atoms with E-state index in [-0.39, 0.29) is 18.9 Å². The Morgan fingerprint density at radius 2 is 0.895 bits per heavy atom. The zero-order chi connectivity index (χ0) is 13.3. The summed E-state index contributed by atoms with van der Waals surface area (Å²) in [5, 5.41) is 2.59. The van der Waals surface area contributed by atoms with E-state index in [0.29, 0.717) is 0 Å². The molecule has 0 aliphatic heterocycles. The van der Waals surface area contributed by atoms with Crippen LogP contribution in [0.1, 0.15) is 22.3 Å². The van der Waals surface area contributed by atoms with E-state index < -0.39 is 7.80 Å². The van der Waals surface area contributed by atoms with Gasteiger partial charge in [0.25, 0.3) is 0 Å². The summed E-state index contributed by atoms with van der Waals surface area (Å²) >= 11 is 0. The number of aryl methyl sites for hydroxylation is 4. The molecule has 0 spiro atoms. The number of hydrogen-bond acceptors (Lipinski definition) is 0. The van der Waals surface area contributed by atoms with Crippen LogP contribution in [0.15, 0.2) is 36.4 Å². The monoisotopic (exact) mass is 260 g/mol. The van der Waals surface area contributed by atoms with E-state index in [0.717, 1.165) is 0 Å². The van der Waals surface area contributed by atoms with Crippen molar-refractivity contribution in [2.75, 3.05) is 0 Å². The third-order valence-corrected chi connectivity index (χ3v) is 4.89. The van der Waals surface area contributed by atoms with Crippen molar-refractivity contribution in [2.45, 2.75) is 27.7 Å².